The van der Waals surface area contributed by atoms with E-state index in [1.165, 1.54) is 5.39 Å². The molecule has 0 unspecified atom stereocenters. The van der Waals surface area contributed by atoms with E-state index >= 15 is 0 Å². The molecule has 1 N–H and O–H groups in total. The Morgan fingerprint density at radius 1 is 1.03 bits per heavy atom. The van der Waals surface area contributed by atoms with Crippen LogP contribution in [-0.4, -0.2) is 46.2 Å². The molecule has 0 fully saturated rings. The SMILES string of the molecule is CN(C)/N=C/c1cn(-c2ccc(C(=O)O)cc2)nc1-c1ccc2ccccc2c1. The summed E-state index contributed by atoms with van der Waals surface area (Å²) in [4.78, 5) is 11.1. The fourth-order valence-electron chi connectivity index (χ4n) is 3.11. The minimum Gasteiger partial charge on any atom is -0.478 e. The van der Waals surface area contributed by atoms with Crippen molar-refractivity contribution in [2.45, 2.75) is 0 Å². The van der Waals surface area contributed by atoms with Gasteiger partial charge in [0, 0.05) is 31.4 Å². The zero-order valence-corrected chi connectivity index (χ0v) is 16.1. The minimum absolute atomic E-state index is 0.241. The van der Waals surface area contributed by atoms with Crippen LogP contribution in [0, 0.1) is 0 Å². The predicted octanol–water partition coefficient (Wildman–Crippen LogP) is 4.29. The zero-order valence-electron chi connectivity index (χ0n) is 16.1. The predicted molar refractivity (Wildman–Crippen MR) is 115 cm³/mol. The van der Waals surface area contributed by atoms with Crippen molar-refractivity contribution in [2.75, 3.05) is 14.1 Å². The number of hydrogen-bond donors (Lipinski definition) is 1. The normalized spacial score (nSPS) is 11.2. The molecule has 6 nitrogen and oxygen atoms in total. The third kappa shape index (κ3) is 3.87. The molecular weight excluding hydrogens is 364 g/mol. The highest BCUT2D eigenvalue weighted by Gasteiger charge is 2.12. The van der Waals surface area contributed by atoms with E-state index in [0.717, 1.165) is 27.9 Å². The number of carboxylic acids is 1. The molecule has 29 heavy (non-hydrogen) atoms. The van der Waals surface area contributed by atoms with E-state index in [4.69, 9.17) is 10.2 Å². The fraction of sp³-hybridized carbons (Fsp3) is 0.0870. The Labute approximate surface area is 168 Å². The second-order valence-electron chi connectivity index (χ2n) is 6.88. The smallest absolute Gasteiger partial charge is 0.335 e. The summed E-state index contributed by atoms with van der Waals surface area (Å²) in [6.07, 6.45) is 3.67. The van der Waals surface area contributed by atoms with Gasteiger partial charge in [-0.1, -0.05) is 36.4 Å². The van der Waals surface area contributed by atoms with Crippen LogP contribution in [0.5, 0.6) is 0 Å². The number of hydrogen-bond acceptors (Lipinski definition) is 4. The van der Waals surface area contributed by atoms with Crippen LogP contribution in [-0.2, 0) is 0 Å². The van der Waals surface area contributed by atoms with Crippen LogP contribution in [0.15, 0.2) is 78.0 Å². The lowest BCUT2D eigenvalue weighted by molar-refractivity contribution is 0.0697. The molecule has 0 aliphatic rings. The summed E-state index contributed by atoms with van der Waals surface area (Å²) in [6, 6.07) is 21.1. The highest BCUT2D eigenvalue weighted by molar-refractivity contribution is 5.92. The first-order valence-corrected chi connectivity index (χ1v) is 9.15. The Hall–Kier alpha value is -3.93. The van der Waals surface area contributed by atoms with Crippen molar-refractivity contribution in [2.24, 2.45) is 5.10 Å². The highest BCUT2D eigenvalue weighted by Crippen LogP contribution is 2.26. The minimum atomic E-state index is -0.951. The van der Waals surface area contributed by atoms with Gasteiger partial charge < -0.3 is 10.1 Å². The molecule has 0 aliphatic heterocycles. The van der Waals surface area contributed by atoms with E-state index in [2.05, 4.69) is 35.4 Å². The summed E-state index contributed by atoms with van der Waals surface area (Å²) < 4.78 is 1.74. The number of fused-ring (bicyclic) bond motifs is 1. The van der Waals surface area contributed by atoms with Gasteiger partial charge in [-0.05, 0) is 41.1 Å². The lowest BCUT2D eigenvalue weighted by Crippen LogP contribution is -2.02. The number of benzene rings is 3. The fourth-order valence-corrected chi connectivity index (χ4v) is 3.11. The summed E-state index contributed by atoms with van der Waals surface area (Å²) in [5.74, 6) is -0.951. The van der Waals surface area contributed by atoms with Gasteiger partial charge in [0.05, 0.1) is 17.5 Å². The summed E-state index contributed by atoms with van der Waals surface area (Å²) in [7, 11) is 3.72. The Kier molecular flexibility index (Phi) is 4.83. The third-order valence-corrected chi connectivity index (χ3v) is 4.57. The van der Waals surface area contributed by atoms with E-state index in [-0.39, 0.29) is 5.56 Å². The Morgan fingerprint density at radius 2 is 1.76 bits per heavy atom. The van der Waals surface area contributed by atoms with E-state index in [0.29, 0.717) is 0 Å². The molecule has 0 bridgehead atoms. The Balaban J connectivity index is 1.81. The van der Waals surface area contributed by atoms with Crippen LogP contribution in [0.4, 0.5) is 0 Å². The molecule has 1 aromatic heterocycles. The summed E-state index contributed by atoms with van der Waals surface area (Å²) in [6.45, 7) is 0. The largest absolute Gasteiger partial charge is 0.478 e. The van der Waals surface area contributed by atoms with Gasteiger partial charge in [-0.2, -0.15) is 10.2 Å². The van der Waals surface area contributed by atoms with E-state index < -0.39 is 5.97 Å². The van der Waals surface area contributed by atoms with Crippen molar-refractivity contribution in [1.82, 2.24) is 14.8 Å². The monoisotopic (exact) mass is 384 g/mol. The maximum Gasteiger partial charge on any atom is 0.335 e. The van der Waals surface area contributed by atoms with Crippen molar-refractivity contribution < 1.29 is 9.90 Å². The second-order valence-corrected chi connectivity index (χ2v) is 6.88. The first kappa shape index (κ1) is 18.4. The van der Waals surface area contributed by atoms with Crippen LogP contribution in [0.3, 0.4) is 0 Å². The summed E-state index contributed by atoms with van der Waals surface area (Å²) >= 11 is 0. The molecule has 144 valence electrons. The van der Waals surface area contributed by atoms with Crippen molar-refractivity contribution in [1.29, 1.82) is 0 Å². The van der Waals surface area contributed by atoms with E-state index in [9.17, 15) is 4.79 Å². The first-order valence-electron chi connectivity index (χ1n) is 9.15. The molecule has 0 saturated carbocycles. The van der Waals surface area contributed by atoms with Gasteiger partial charge in [0.15, 0.2) is 0 Å². The van der Waals surface area contributed by atoms with Crippen molar-refractivity contribution >= 4 is 23.0 Å². The van der Waals surface area contributed by atoms with Crippen molar-refractivity contribution in [3.8, 4) is 16.9 Å². The Bertz CT molecular complexity index is 1210. The molecule has 0 amide bonds. The standard InChI is InChI=1S/C23H20N4O2/c1-26(2)24-14-20-15-27(21-11-9-17(10-12-21)23(28)29)25-22(20)19-8-7-16-5-3-4-6-18(16)13-19/h3-15H,1-2H3,(H,28,29)/b24-14+. The maximum absolute atomic E-state index is 11.1. The van der Waals surface area contributed by atoms with Crippen LogP contribution in [0.1, 0.15) is 15.9 Å². The van der Waals surface area contributed by atoms with Crippen LogP contribution in [0.25, 0.3) is 27.7 Å². The quantitative estimate of drug-likeness (QED) is 0.412. The Morgan fingerprint density at radius 3 is 2.45 bits per heavy atom. The number of aromatic nitrogens is 2. The average molecular weight is 384 g/mol. The van der Waals surface area contributed by atoms with E-state index in [1.54, 1.807) is 40.2 Å². The average Bonchev–Trinajstić information content (AvgIpc) is 3.16. The molecule has 0 spiro atoms. The number of nitrogens with zero attached hydrogens (tertiary/aromatic N) is 4. The number of carboxylic acid groups (broad SMARTS) is 1. The number of carbonyl (C=O) groups is 1. The molecule has 0 radical (unpaired) electrons. The topological polar surface area (TPSA) is 70.7 Å². The first-order chi connectivity index (χ1) is 14.0. The van der Waals surface area contributed by atoms with E-state index in [1.807, 2.05) is 32.4 Å². The van der Waals surface area contributed by atoms with Crippen molar-refractivity contribution in [3.05, 3.63) is 84.1 Å². The van der Waals surface area contributed by atoms with Gasteiger partial charge in [0.1, 0.15) is 5.69 Å². The molecule has 4 aromatic rings. The lowest BCUT2D eigenvalue weighted by Gasteiger charge is -2.04. The molecular formula is C23H20N4O2. The lowest BCUT2D eigenvalue weighted by atomic mass is 10.0. The van der Waals surface area contributed by atoms with Gasteiger partial charge in [0.25, 0.3) is 0 Å². The van der Waals surface area contributed by atoms with Gasteiger partial charge in [-0.15, -0.1) is 0 Å². The van der Waals surface area contributed by atoms with Crippen LogP contribution >= 0.6 is 0 Å². The number of hydrazone groups is 1. The zero-order chi connectivity index (χ0) is 20.4. The molecule has 6 heteroatoms. The van der Waals surface area contributed by atoms with Gasteiger partial charge in [0.2, 0.25) is 0 Å². The summed E-state index contributed by atoms with van der Waals surface area (Å²) in [5, 5.41) is 22.3. The number of aromatic carboxylic acids is 1. The maximum atomic E-state index is 11.1. The molecule has 1 heterocycles. The van der Waals surface area contributed by atoms with Crippen LogP contribution < -0.4 is 0 Å². The molecule has 3 aromatic carbocycles. The molecule has 0 atom stereocenters. The van der Waals surface area contributed by atoms with Crippen LogP contribution in [0.2, 0.25) is 0 Å². The van der Waals surface area contributed by atoms with Gasteiger partial charge >= 0.3 is 5.97 Å². The molecule has 0 aliphatic carbocycles. The second kappa shape index (κ2) is 7.59. The molecule has 4 rings (SSSR count). The summed E-state index contributed by atoms with van der Waals surface area (Å²) in [5.41, 5.74) is 3.69. The van der Waals surface area contributed by atoms with Crippen molar-refractivity contribution in [3.63, 3.8) is 0 Å². The third-order valence-electron chi connectivity index (χ3n) is 4.57. The van der Waals surface area contributed by atoms with Gasteiger partial charge in [-0.25, -0.2) is 9.48 Å². The highest BCUT2D eigenvalue weighted by atomic mass is 16.4. The van der Waals surface area contributed by atoms with Gasteiger partial charge in [-0.3, -0.25) is 0 Å². The number of rotatable bonds is 5. The molecule has 0 saturated heterocycles.